The van der Waals surface area contributed by atoms with Gasteiger partial charge in [0.05, 0.1) is 5.69 Å². The van der Waals surface area contributed by atoms with Crippen molar-refractivity contribution in [3.63, 3.8) is 0 Å². The Labute approximate surface area is 120 Å². The Morgan fingerprint density at radius 2 is 1.95 bits per heavy atom. The fourth-order valence-electron chi connectivity index (χ4n) is 2.00. The predicted octanol–water partition coefficient (Wildman–Crippen LogP) is 2.81. The third-order valence-corrected chi connectivity index (χ3v) is 4.23. The van der Waals surface area contributed by atoms with E-state index in [0.717, 1.165) is 15.6 Å². The number of aromatic nitrogens is 1. The number of nitrogens with two attached hydrogens (primary N) is 1. The Balaban J connectivity index is 1.81. The van der Waals surface area contributed by atoms with E-state index < -0.39 is 0 Å². The molecule has 0 spiro atoms. The van der Waals surface area contributed by atoms with Gasteiger partial charge in [0.1, 0.15) is 4.88 Å². The highest BCUT2D eigenvalue weighted by atomic mass is 32.1. The lowest BCUT2D eigenvalue weighted by Crippen LogP contribution is -2.22. The van der Waals surface area contributed by atoms with Gasteiger partial charge in [-0.2, -0.15) is 0 Å². The highest BCUT2D eigenvalue weighted by Gasteiger charge is 2.15. The van der Waals surface area contributed by atoms with Crippen LogP contribution in [0.1, 0.15) is 15.2 Å². The maximum atomic E-state index is 12.2. The summed E-state index contributed by atoms with van der Waals surface area (Å²) in [5, 5.41) is 3.82. The summed E-state index contributed by atoms with van der Waals surface area (Å²) in [6.07, 6.45) is 3.41. The van der Waals surface area contributed by atoms with Crippen LogP contribution in [0.15, 0.2) is 48.8 Å². The number of thiophene rings is 1. The molecule has 0 fully saturated rings. The van der Waals surface area contributed by atoms with Crippen molar-refractivity contribution in [2.75, 3.05) is 5.73 Å². The van der Waals surface area contributed by atoms with Crippen molar-refractivity contribution in [1.29, 1.82) is 0 Å². The molecule has 3 aromatic rings. The van der Waals surface area contributed by atoms with Crippen LogP contribution in [-0.4, -0.2) is 10.9 Å². The number of benzene rings is 1. The van der Waals surface area contributed by atoms with Gasteiger partial charge in [-0.15, -0.1) is 11.3 Å². The molecule has 100 valence electrons. The summed E-state index contributed by atoms with van der Waals surface area (Å²) < 4.78 is 1.03. The average Bonchev–Trinajstić information content (AvgIpc) is 2.84. The number of carbonyl (C=O) groups excluding carboxylic acids is 1. The second-order valence-corrected chi connectivity index (χ2v) is 5.43. The molecule has 1 aromatic carbocycles. The van der Waals surface area contributed by atoms with Gasteiger partial charge in [0, 0.05) is 29.0 Å². The van der Waals surface area contributed by atoms with Gasteiger partial charge in [-0.1, -0.05) is 18.2 Å². The summed E-state index contributed by atoms with van der Waals surface area (Å²) in [5.41, 5.74) is 7.61. The van der Waals surface area contributed by atoms with E-state index in [0.29, 0.717) is 17.1 Å². The van der Waals surface area contributed by atoms with Crippen LogP contribution >= 0.6 is 11.3 Å². The first-order chi connectivity index (χ1) is 9.75. The first kappa shape index (κ1) is 12.6. The van der Waals surface area contributed by atoms with Crippen LogP contribution in [0.2, 0.25) is 0 Å². The maximum absolute atomic E-state index is 12.2. The molecule has 2 aromatic heterocycles. The molecule has 2 heterocycles. The monoisotopic (exact) mass is 283 g/mol. The number of nitrogen functional groups attached to an aromatic ring is 1. The fourth-order valence-corrected chi connectivity index (χ4v) is 3.04. The SMILES string of the molecule is Nc1c(C(=O)NCc2ccncc2)sc2ccccc12. The number of nitrogens with zero attached hydrogens (tertiary/aromatic N) is 1. The van der Waals surface area contributed by atoms with Crippen LogP contribution in [0, 0.1) is 0 Å². The molecule has 3 rings (SSSR count). The van der Waals surface area contributed by atoms with Crippen molar-refractivity contribution in [3.05, 3.63) is 59.2 Å². The largest absolute Gasteiger partial charge is 0.397 e. The molecule has 0 aliphatic rings. The van der Waals surface area contributed by atoms with Crippen LogP contribution in [-0.2, 0) is 6.54 Å². The van der Waals surface area contributed by atoms with Crippen LogP contribution in [0.3, 0.4) is 0 Å². The molecule has 0 bridgehead atoms. The minimum atomic E-state index is -0.138. The number of anilines is 1. The first-order valence-electron chi connectivity index (χ1n) is 6.20. The van der Waals surface area contributed by atoms with Gasteiger partial charge in [0.15, 0.2) is 0 Å². The number of rotatable bonds is 3. The molecular formula is C15H13N3OS. The van der Waals surface area contributed by atoms with E-state index in [1.54, 1.807) is 12.4 Å². The molecule has 20 heavy (non-hydrogen) atoms. The summed E-state index contributed by atoms with van der Waals surface area (Å²) in [5.74, 6) is -0.138. The van der Waals surface area contributed by atoms with Crippen molar-refractivity contribution in [2.45, 2.75) is 6.54 Å². The topological polar surface area (TPSA) is 68.0 Å². The maximum Gasteiger partial charge on any atom is 0.263 e. The Kier molecular flexibility index (Phi) is 3.35. The highest BCUT2D eigenvalue weighted by molar-refractivity contribution is 7.21. The number of nitrogens with one attached hydrogen (secondary N) is 1. The standard InChI is InChI=1S/C15H13N3OS/c16-13-11-3-1-2-4-12(11)20-14(13)15(19)18-9-10-5-7-17-8-6-10/h1-8H,9,16H2,(H,18,19). The quantitative estimate of drug-likeness (QED) is 0.776. The first-order valence-corrected chi connectivity index (χ1v) is 7.01. The van der Waals surface area contributed by atoms with Crippen molar-refractivity contribution in [1.82, 2.24) is 10.3 Å². The van der Waals surface area contributed by atoms with Gasteiger partial charge in [0.25, 0.3) is 5.91 Å². The lowest BCUT2D eigenvalue weighted by molar-refractivity contribution is 0.0956. The van der Waals surface area contributed by atoms with Gasteiger partial charge in [-0.05, 0) is 23.8 Å². The second-order valence-electron chi connectivity index (χ2n) is 4.38. The van der Waals surface area contributed by atoms with Crippen LogP contribution in [0.25, 0.3) is 10.1 Å². The molecule has 5 heteroatoms. The van der Waals surface area contributed by atoms with Crippen molar-refractivity contribution < 1.29 is 4.79 Å². The summed E-state index contributed by atoms with van der Waals surface area (Å²) in [6, 6.07) is 11.5. The molecule has 0 aliphatic heterocycles. The normalized spacial score (nSPS) is 10.6. The predicted molar refractivity (Wildman–Crippen MR) is 81.6 cm³/mol. The number of pyridine rings is 1. The van der Waals surface area contributed by atoms with Gasteiger partial charge in [-0.3, -0.25) is 9.78 Å². The van der Waals surface area contributed by atoms with Crippen LogP contribution < -0.4 is 11.1 Å². The zero-order valence-electron chi connectivity index (χ0n) is 10.7. The molecule has 3 N–H and O–H groups in total. The molecule has 0 radical (unpaired) electrons. The second kappa shape index (κ2) is 5.30. The van der Waals surface area contributed by atoms with Crippen molar-refractivity contribution in [3.8, 4) is 0 Å². The molecule has 0 aliphatic carbocycles. The molecule has 4 nitrogen and oxygen atoms in total. The third-order valence-electron chi connectivity index (χ3n) is 3.04. The molecule has 0 saturated heterocycles. The Hall–Kier alpha value is -2.40. The lowest BCUT2D eigenvalue weighted by Gasteiger charge is -2.04. The summed E-state index contributed by atoms with van der Waals surface area (Å²) >= 11 is 1.42. The summed E-state index contributed by atoms with van der Waals surface area (Å²) in [7, 11) is 0. The van der Waals surface area contributed by atoms with Gasteiger partial charge >= 0.3 is 0 Å². The average molecular weight is 283 g/mol. The highest BCUT2D eigenvalue weighted by Crippen LogP contribution is 2.33. The van der Waals surface area contributed by atoms with E-state index in [1.807, 2.05) is 36.4 Å². The summed E-state index contributed by atoms with van der Waals surface area (Å²) in [6.45, 7) is 0.467. The van der Waals surface area contributed by atoms with Crippen molar-refractivity contribution >= 4 is 33.0 Å². The Morgan fingerprint density at radius 1 is 1.20 bits per heavy atom. The molecule has 0 atom stereocenters. The molecule has 0 saturated carbocycles. The lowest BCUT2D eigenvalue weighted by atomic mass is 10.2. The number of amides is 1. The van der Waals surface area contributed by atoms with Crippen LogP contribution in [0.5, 0.6) is 0 Å². The number of carbonyl (C=O) groups is 1. The zero-order chi connectivity index (χ0) is 13.9. The molecule has 1 amide bonds. The fraction of sp³-hybridized carbons (Fsp3) is 0.0667. The molecule has 0 unspecified atom stereocenters. The van der Waals surface area contributed by atoms with E-state index in [4.69, 9.17) is 5.73 Å². The minimum Gasteiger partial charge on any atom is -0.397 e. The van der Waals surface area contributed by atoms with Gasteiger partial charge in [-0.25, -0.2) is 0 Å². The third kappa shape index (κ3) is 2.35. The Morgan fingerprint density at radius 3 is 2.70 bits per heavy atom. The number of hydrogen-bond acceptors (Lipinski definition) is 4. The van der Waals surface area contributed by atoms with E-state index >= 15 is 0 Å². The minimum absolute atomic E-state index is 0.138. The van der Waals surface area contributed by atoms with E-state index in [-0.39, 0.29) is 5.91 Å². The number of hydrogen-bond donors (Lipinski definition) is 2. The number of fused-ring (bicyclic) bond motifs is 1. The van der Waals surface area contributed by atoms with E-state index in [1.165, 1.54) is 11.3 Å². The van der Waals surface area contributed by atoms with Crippen molar-refractivity contribution in [2.24, 2.45) is 0 Å². The van der Waals surface area contributed by atoms with Crippen LogP contribution in [0.4, 0.5) is 5.69 Å². The van der Waals surface area contributed by atoms with E-state index in [2.05, 4.69) is 10.3 Å². The zero-order valence-corrected chi connectivity index (χ0v) is 11.5. The van der Waals surface area contributed by atoms with Gasteiger partial charge < -0.3 is 11.1 Å². The summed E-state index contributed by atoms with van der Waals surface area (Å²) in [4.78, 5) is 16.7. The molecular weight excluding hydrogens is 270 g/mol. The Bertz CT molecular complexity index is 752. The smallest absolute Gasteiger partial charge is 0.263 e. The van der Waals surface area contributed by atoms with E-state index in [9.17, 15) is 4.79 Å². The van der Waals surface area contributed by atoms with Gasteiger partial charge in [0.2, 0.25) is 0 Å².